The van der Waals surface area contributed by atoms with E-state index in [-0.39, 0.29) is 5.60 Å². The molecule has 0 bridgehead atoms. The number of methoxy groups -OCH3 is 2. The van der Waals surface area contributed by atoms with Gasteiger partial charge in [-0.1, -0.05) is 27.7 Å². The summed E-state index contributed by atoms with van der Waals surface area (Å²) in [5.74, 6) is 1.40. The van der Waals surface area contributed by atoms with Crippen LogP contribution in [0.4, 0.5) is 0 Å². The quantitative estimate of drug-likeness (QED) is 0.685. The van der Waals surface area contributed by atoms with Gasteiger partial charge in [-0.05, 0) is 38.5 Å². The maximum absolute atomic E-state index is 5.40. The Bertz CT molecular complexity index is 140. The minimum absolute atomic E-state index is 0.0320. The second kappa shape index (κ2) is 10.1. The summed E-state index contributed by atoms with van der Waals surface area (Å²) in [6.45, 7) is 14.0. The van der Waals surface area contributed by atoms with Crippen LogP contribution in [0.3, 0.4) is 0 Å². The Hall–Kier alpha value is -0.0800. The molecule has 0 aromatic heterocycles. The maximum atomic E-state index is 5.40. The van der Waals surface area contributed by atoms with E-state index in [0.29, 0.717) is 5.92 Å². The van der Waals surface area contributed by atoms with Crippen LogP contribution < -0.4 is 0 Å². The van der Waals surface area contributed by atoms with Crippen molar-refractivity contribution in [1.29, 1.82) is 0 Å². The van der Waals surface area contributed by atoms with Gasteiger partial charge < -0.3 is 9.47 Å². The fraction of sp³-hybridized carbons (Fsp3) is 1.00. The highest BCUT2D eigenvalue weighted by atomic mass is 16.5. The molecule has 1 atom stereocenters. The highest BCUT2D eigenvalue weighted by Gasteiger charge is 2.25. The molecule has 0 aliphatic carbocycles. The number of ether oxygens (including phenoxy) is 2. The number of hydrogen-bond acceptors (Lipinski definition) is 2. The Morgan fingerprint density at radius 3 is 1.75 bits per heavy atom. The summed E-state index contributed by atoms with van der Waals surface area (Å²) in [4.78, 5) is 0. The maximum Gasteiger partial charge on any atom is 0.0648 e. The Morgan fingerprint density at radius 1 is 1.06 bits per heavy atom. The van der Waals surface area contributed by atoms with E-state index in [1.165, 1.54) is 6.42 Å². The molecule has 0 fully saturated rings. The van der Waals surface area contributed by atoms with E-state index < -0.39 is 0 Å². The van der Waals surface area contributed by atoms with E-state index >= 15 is 0 Å². The molecule has 0 spiro atoms. The Labute approximate surface area is 103 Å². The van der Waals surface area contributed by atoms with Crippen LogP contribution >= 0.6 is 0 Å². The minimum atomic E-state index is 0.0320. The third-order valence-electron chi connectivity index (χ3n) is 2.95. The Kier molecular flexibility index (Phi) is 11.5. The molecule has 100 valence electrons. The third-order valence-corrected chi connectivity index (χ3v) is 2.95. The summed E-state index contributed by atoms with van der Waals surface area (Å²) in [5.41, 5.74) is 0.0320. The lowest BCUT2D eigenvalue weighted by Gasteiger charge is -2.31. The van der Waals surface area contributed by atoms with Gasteiger partial charge in [0.25, 0.3) is 0 Å². The lowest BCUT2D eigenvalue weighted by atomic mass is 9.86. The summed E-state index contributed by atoms with van der Waals surface area (Å²) in [7, 11) is 3.50. The molecule has 0 aliphatic heterocycles. The molecule has 0 aromatic rings. The van der Waals surface area contributed by atoms with E-state index in [9.17, 15) is 0 Å². The van der Waals surface area contributed by atoms with Crippen molar-refractivity contribution in [1.82, 2.24) is 0 Å². The Balaban J connectivity index is 0. The van der Waals surface area contributed by atoms with E-state index in [1.807, 2.05) is 0 Å². The molecule has 2 nitrogen and oxygen atoms in total. The van der Waals surface area contributed by atoms with Crippen LogP contribution in [0.5, 0.6) is 0 Å². The molecular formula is C14H32O2. The molecule has 0 rings (SSSR count). The largest absolute Gasteiger partial charge is 0.385 e. The van der Waals surface area contributed by atoms with Gasteiger partial charge in [-0.3, -0.25) is 0 Å². The molecule has 0 amide bonds. The average Bonchev–Trinajstić information content (AvgIpc) is 2.19. The van der Waals surface area contributed by atoms with Crippen molar-refractivity contribution in [2.45, 2.75) is 60.0 Å². The fourth-order valence-corrected chi connectivity index (χ4v) is 1.40. The van der Waals surface area contributed by atoms with Gasteiger partial charge >= 0.3 is 0 Å². The lowest BCUT2D eigenvalue weighted by Crippen LogP contribution is -2.32. The van der Waals surface area contributed by atoms with Crippen molar-refractivity contribution < 1.29 is 9.47 Å². The summed E-state index contributed by atoms with van der Waals surface area (Å²) >= 11 is 0. The van der Waals surface area contributed by atoms with Crippen molar-refractivity contribution in [2.75, 3.05) is 20.8 Å². The molecule has 0 heterocycles. The first-order chi connectivity index (χ1) is 7.31. The smallest absolute Gasteiger partial charge is 0.0648 e. The fourth-order valence-electron chi connectivity index (χ4n) is 1.40. The van der Waals surface area contributed by atoms with Crippen LogP contribution in [0.15, 0.2) is 0 Å². The lowest BCUT2D eigenvalue weighted by molar-refractivity contribution is -0.0280. The topological polar surface area (TPSA) is 18.5 Å². The summed E-state index contributed by atoms with van der Waals surface area (Å²) in [5, 5.41) is 0. The second-order valence-electron chi connectivity index (χ2n) is 5.33. The standard InChI is InChI=1S/C10H22O.C4H10O/c1-8(2)7-9(3)10(4,5)11-6;1-3-4-5-2/h8-9H,7H2,1-6H3;3-4H2,1-2H3. The molecule has 0 aliphatic rings. The van der Waals surface area contributed by atoms with Gasteiger partial charge in [0.05, 0.1) is 5.60 Å². The first-order valence-corrected chi connectivity index (χ1v) is 6.35. The molecule has 0 saturated heterocycles. The summed E-state index contributed by atoms with van der Waals surface area (Å²) in [6, 6.07) is 0. The van der Waals surface area contributed by atoms with Gasteiger partial charge in [-0.2, -0.15) is 0 Å². The monoisotopic (exact) mass is 232 g/mol. The van der Waals surface area contributed by atoms with E-state index in [4.69, 9.17) is 9.47 Å². The molecular weight excluding hydrogens is 200 g/mol. The van der Waals surface area contributed by atoms with Gasteiger partial charge in [0.2, 0.25) is 0 Å². The van der Waals surface area contributed by atoms with Crippen molar-refractivity contribution in [3.8, 4) is 0 Å². The predicted molar refractivity (Wildman–Crippen MR) is 71.9 cm³/mol. The third kappa shape index (κ3) is 10.4. The van der Waals surface area contributed by atoms with Crippen LogP contribution in [0.2, 0.25) is 0 Å². The number of hydrogen-bond donors (Lipinski definition) is 0. The molecule has 16 heavy (non-hydrogen) atoms. The van der Waals surface area contributed by atoms with Crippen LogP contribution in [-0.4, -0.2) is 26.4 Å². The highest BCUT2D eigenvalue weighted by Crippen LogP contribution is 2.25. The average molecular weight is 232 g/mol. The predicted octanol–water partition coefficient (Wildman–Crippen LogP) is 4.14. The number of rotatable bonds is 6. The van der Waals surface area contributed by atoms with Crippen LogP contribution in [-0.2, 0) is 9.47 Å². The minimum Gasteiger partial charge on any atom is -0.385 e. The van der Waals surface area contributed by atoms with Crippen molar-refractivity contribution in [3.63, 3.8) is 0 Å². The van der Waals surface area contributed by atoms with Crippen LogP contribution in [0.1, 0.15) is 54.4 Å². The van der Waals surface area contributed by atoms with Gasteiger partial charge in [0.15, 0.2) is 0 Å². The first kappa shape index (κ1) is 18.3. The SMILES string of the molecule is CCCOC.COC(C)(C)C(C)CC(C)C. The van der Waals surface area contributed by atoms with Crippen molar-refractivity contribution in [3.05, 3.63) is 0 Å². The highest BCUT2D eigenvalue weighted by molar-refractivity contribution is 4.76. The first-order valence-electron chi connectivity index (χ1n) is 6.35. The van der Waals surface area contributed by atoms with Gasteiger partial charge in [-0.15, -0.1) is 0 Å². The second-order valence-corrected chi connectivity index (χ2v) is 5.33. The summed E-state index contributed by atoms with van der Waals surface area (Å²) < 4.78 is 10.1. The molecule has 0 radical (unpaired) electrons. The van der Waals surface area contributed by atoms with E-state index in [1.54, 1.807) is 14.2 Å². The zero-order valence-electron chi connectivity index (χ0n) is 12.6. The van der Waals surface area contributed by atoms with Crippen LogP contribution in [0, 0.1) is 11.8 Å². The van der Waals surface area contributed by atoms with Gasteiger partial charge in [0.1, 0.15) is 0 Å². The molecule has 1 unspecified atom stereocenters. The van der Waals surface area contributed by atoms with E-state index in [0.717, 1.165) is 18.9 Å². The van der Waals surface area contributed by atoms with Crippen molar-refractivity contribution >= 4 is 0 Å². The van der Waals surface area contributed by atoms with E-state index in [2.05, 4.69) is 41.5 Å². The Morgan fingerprint density at radius 2 is 1.56 bits per heavy atom. The van der Waals surface area contributed by atoms with Crippen molar-refractivity contribution in [2.24, 2.45) is 11.8 Å². The summed E-state index contributed by atoms with van der Waals surface area (Å²) in [6.07, 6.45) is 2.36. The normalized spacial score (nSPS) is 13.3. The van der Waals surface area contributed by atoms with Crippen LogP contribution in [0.25, 0.3) is 0 Å². The molecule has 0 N–H and O–H groups in total. The van der Waals surface area contributed by atoms with Gasteiger partial charge in [-0.25, -0.2) is 0 Å². The molecule has 0 saturated carbocycles. The van der Waals surface area contributed by atoms with Gasteiger partial charge in [0, 0.05) is 20.8 Å². The molecule has 2 heteroatoms. The zero-order chi connectivity index (χ0) is 13.2. The zero-order valence-corrected chi connectivity index (χ0v) is 12.6. The molecule has 0 aromatic carbocycles.